The highest BCUT2D eigenvalue weighted by molar-refractivity contribution is 5.81. The zero-order valence-corrected chi connectivity index (χ0v) is 17.0. The van der Waals surface area contributed by atoms with Crippen molar-refractivity contribution in [1.29, 1.82) is 0 Å². The van der Waals surface area contributed by atoms with Gasteiger partial charge >= 0.3 is 0 Å². The molecule has 0 aromatic heterocycles. The zero-order chi connectivity index (χ0) is 19.4. The van der Waals surface area contributed by atoms with E-state index in [-0.39, 0.29) is 17.9 Å². The summed E-state index contributed by atoms with van der Waals surface area (Å²) >= 11 is 0. The average molecular weight is 372 g/mol. The minimum atomic E-state index is 0.0605. The molecule has 27 heavy (non-hydrogen) atoms. The van der Waals surface area contributed by atoms with Crippen molar-refractivity contribution in [1.82, 2.24) is 15.5 Å². The number of likely N-dealkylation sites (tertiary alicyclic amines) is 1. The van der Waals surface area contributed by atoms with Gasteiger partial charge in [-0.1, -0.05) is 32.0 Å². The standard InChI is InChI=1S/C21H33N5O/c1-15(2)20(27)25-11-10-18(14-25)24-21(22-4)23-13-16(3)26-12-9-17-7-5-6-8-19(17)26/h5-8,15-16,18H,9-14H2,1-4H3,(H2,22,23,24). The molecule has 0 saturated carbocycles. The molecule has 6 heteroatoms. The lowest BCUT2D eigenvalue weighted by Gasteiger charge is -2.28. The van der Waals surface area contributed by atoms with Crippen LogP contribution in [-0.2, 0) is 11.2 Å². The summed E-state index contributed by atoms with van der Waals surface area (Å²) in [5.41, 5.74) is 2.79. The molecule has 2 unspecified atom stereocenters. The van der Waals surface area contributed by atoms with E-state index in [1.807, 2.05) is 18.7 Å². The van der Waals surface area contributed by atoms with E-state index in [2.05, 4.69) is 51.7 Å². The number of anilines is 1. The molecule has 1 fully saturated rings. The number of aliphatic imine (C=N–C) groups is 1. The van der Waals surface area contributed by atoms with Gasteiger partial charge in [-0.05, 0) is 31.4 Å². The minimum Gasteiger partial charge on any atom is -0.366 e. The summed E-state index contributed by atoms with van der Waals surface area (Å²) in [6, 6.07) is 9.32. The topological polar surface area (TPSA) is 60.0 Å². The lowest BCUT2D eigenvalue weighted by molar-refractivity contribution is -0.133. The van der Waals surface area contributed by atoms with Gasteiger partial charge in [0.15, 0.2) is 5.96 Å². The minimum absolute atomic E-state index is 0.0605. The van der Waals surface area contributed by atoms with Crippen molar-refractivity contribution in [3.63, 3.8) is 0 Å². The molecule has 1 amide bonds. The maximum Gasteiger partial charge on any atom is 0.225 e. The third-order valence-corrected chi connectivity index (χ3v) is 5.58. The van der Waals surface area contributed by atoms with Gasteiger partial charge in [-0.15, -0.1) is 0 Å². The Labute approximate surface area is 163 Å². The summed E-state index contributed by atoms with van der Waals surface area (Å²) in [7, 11) is 1.80. The molecule has 2 aliphatic rings. The first-order valence-corrected chi connectivity index (χ1v) is 10.1. The molecule has 2 N–H and O–H groups in total. The van der Waals surface area contributed by atoms with Crippen LogP contribution in [0, 0.1) is 5.92 Å². The SMILES string of the molecule is CN=C(NCC(C)N1CCc2ccccc21)NC1CCN(C(=O)C(C)C)C1. The second-order valence-electron chi connectivity index (χ2n) is 7.94. The first kappa shape index (κ1) is 19.5. The van der Waals surface area contributed by atoms with Gasteiger partial charge in [0.2, 0.25) is 5.91 Å². The number of benzene rings is 1. The molecule has 3 rings (SSSR count). The van der Waals surface area contributed by atoms with Crippen molar-refractivity contribution < 1.29 is 4.79 Å². The number of hydrogen-bond donors (Lipinski definition) is 2. The lowest BCUT2D eigenvalue weighted by atomic mass is 10.2. The Balaban J connectivity index is 1.48. The van der Waals surface area contributed by atoms with Crippen molar-refractivity contribution in [2.45, 2.75) is 45.7 Å². The van der Waals surface area contributed by atoms with E-state index in [4.69, 9.17) is 0 Å². The maximum atomic E-state index is 12.2. The molecule has 2 heterocycles. The van der Waals surface area contributed by atoms with Crippen molar-refractivity contribution in [2.75, 3.05) is 38.1 Å². The number of para-hydroxylation sites is 1. The molecule has 0 bridgehead atoms. The van der Waals surface area contributed by atoms with Gasteiger partial charge in [-0.2, -0.15) is 0 Å². The summed E-state index contributed by atoms with van der Waals surface area (Å²) in [6.07, 6.45) is 2.09. The van der Waals surface area contributed by atoms with Gasteiger partial charge in [-0.3, -0.25) is 9.79 Å². The largest absolute Gasteiger partial charge is 0.366 e. The Hall–Kier alpha value is -2.24. The molecule has 148 valence electrons. The Morgan fingerprint density at radius 3 is 2.78 bits per heavy atom. The third kappa shape index (κ3) is 4.54. The summed E-state index contributed by atoms with van der Waals surface area (Å²) in [5.74, 6) is 1.12. The normalized spacial score (nSPS) is 20.8. The number of fused-ring (bicyclic) bond motifs is 1. The Bertz CT molecular complexity index is 687. The van der Waals surface area contributed by atoms with Crippen molar-refractivity contribution >= 4 is 17.6 Å². The highest BCUT2D eigenvalue weighted by atomic mass is 16.2. The molecule has 1 aromatic carbocycles. The highest BCUT2D eigenvalue weighted by Crippen LogP contribution is 2.28. The van der Waals surface area contributed by atoms with Crippen LogP contribution in [0.1, 0.15) is 32.8 Å². The molecule has 0 radical (unpaired) electrons. The molecular weight excluding hydrogens is 338 g/mol. The molecule has 6 nitrogen and oxygen atoms in total. The van der Waals surface area contributed by atoms with E-state index < -0.39 is 0 Å². The van der Waals surface area contributed by atoms with Gasteiger partial charge in [0.25, 0.3) is 0 Å². The van der Waals surface area contributed by atoms with Gasteiger partial charge < -0.3 is 20.4 Å². The van der Waals surface area contributed by atoms with Crippen molar-refractivity contribution in [2.24, 2.45) is 10.9 Å². The smallest absolute Gasteiger partial charge is 0.225 e. The van der Waals surface area contributed by atoms with Crippen molar-refractivity contribution in [3.8, 4) is 0 Å². The van der Waals surface area contributed by atoms with Crippen LogP contribution >= 0.6 is 0 Å². The van der Waals surface area contributed by atoms with E-state index in [0.29, 0.717) is 6.04 Å². The number of nitrogens with one attached hydrogen (secondary N) is 2. The molecule has 2 aliphatic heterocycles. The van der Waals surface area contributed by atoms with Crippen LogP contribution < -0.4 is 15.5 Å². The predicted molar refractivity (Wildman–Crippen MR) is 111 cm³/mol. The fourth-order valence-corrected chi connectivity index (χ4v) is 4.01. The van der Waals surface area contributed by atoms with E-state index in [0.717, 1.165) is 45.0 Å². The molecule has 1 aromatic rings. The number of carbonyl (C=O) groups excluding carboxylic acids is 1. The quantitative estimate of drug-likeness (QED) is 0.613. The van der Waals surface area contributed by atoms with Gasteiger partial charge in [0.1, 0.15) is 0 Å². The number of nitrogens with zero attached hydrogens (tertiary/aromatic N) is 3. The van der Waals surface area contributed by atoms with E-state index in [1.165, 1.54) is 11.3 Å². The fourth-order valence-electron chi connectivity index (χ4n) is 4.01. The maximum absolute atomic E-state index is 12.2. The summed E-state index contributed by atoms with van der Waals surface area (Å²) in [6.45, 7) is 9.65. The van der Waals surface area contributed by atoms with Gasteiger partial charge in [0, 0.05) is 56.9 Å². The first-order valence-electron chi connectivity index (χ1n) is 10.1. The summed E-state index contributed by atoms with van der Waals surface area (Å²) in [4.78, 5) is 21.0. The zero-order valence-electron chi connectivity index (χ0n) is 17.0. The van der Waals surface area contributed by atoms with Crippen LogP contribution in [0.25, 0.3) is 0 Å². The number of carbonyl (C=O) groups is 1. The monoisotopic (exact) mass is 371 g/mol. The molecule has 0 spiro atoms. The number of guanidine groups is 1. The molecule has 2 atom stereocenters. The van der Waals surface area contributed by atoms with Gasteiger partial charge in [-0.25, -0.2) is 0 Å². The average Bonchev–Trinajstić information content (AvgIpc) is 3.31. The van der Waals surface area contributed by atoms with Crippen LogP contribution in [0.4, 0.5) is 5.69 Å². The van der Waals surface area contributed by atoms with Crippen LogP contribution in [0.5, 0.6) is 0 Å². The van der Waals surface area contributed by atoms with Crippen molar-refractivity contribution in [3.05, 3.63) is 29.8 Å². The Morgan fingerprint density at radius 1 is 1.26 bits per heavy atom. The molecule has 1 saturated heterocycles. The number of rotatable bonds is 5. The van der Waals surface area contributed by atoms with Crippen LogP contribution in [0.15, 0.2) is 29.3 Å². The molecule has 0 aliphatic carbocycles. The number of amides is 1. The van der Waals surface area contributed by atoms with Crippen LogP contribution in [0.3, 0.4) is 0 Å². The Kier molecular flexibility index (Phi) is 6.24. The van der Waals surface area contributed by atoms with Crippen LogP contribution in [0.2, 0.25) is 0 Å². The third-order valence-electron chi connectivity index (χ3n) is 5.58. The predicted octanol–water partition coefficient (Wildman–Crippen LogP) is 1.86. The van der Waals surface area contributed by atoms with E-state index in [1.54, 1.807) is 7.05 Å². The summed E-state index contributed by atoms with van der Waals surface area (Å²) < 4.78 is 0. The van der Waals surface area contributed by atoms with E-state index in [9.17, 15) is 4.79 Å². The summed E-state index contributed by atoms with van der Waals surface area (Å²) in [5, 5.41) is 6.95. The lowest BCUT2D eigenvalue weighted by Crippen LogP contribution is -2.49. The fraction of sp³-hybridized carbons (Fsp3) is 0.619. The highest BCUT2D eigenvalue weighted by Gasteiger charge is 2.28. The second kappa shape index (κ2) is 8.63. The Morgan fingerprint density at radius 2 is 2.04 bits per heavy atom. The molecular formula is C21H33N5O. The van der Waals surface area contributed by atoms with Crippen LogP contribution in [-0.4, -0.2) is 62.1 Å². The van der Waals surface area contributed by atoms with Gasteiger partial charge in [0.05, 0.1) is 0 Å². The second-order valence-corrected chi connectivity index (χ2v) is 7.94. The first-order chi connectivity index (χ1) is 13.0. The van der Waals surface area contributed by atoms with E-state index >= 15 is 0 Å². The number of hydrogen-bond acceptors (Lipinski definition) is 3.